The van der Waals surface area contributed by atoms with E-state index in [4.69, 9.17) is 0 Å². The summed E-state index contributed by atoms with van der Waals surface area (Å²) in [6, 6.07) is 82.6. The van der Waals surface area contributed by atoms with Crippen LogP contribution in [0, 0.1) is 0 Å². The first kappa shape index (κ1) is 38.9. The summed E-state index contributed by atoms with van der Waals surface area (Å²) in [6.45, 7) is 11.9. The molecule has 11 rings (SSSR count). The summed E-state index contributed by atoms with van der Waals surface area (Å²) >= 11 is 0. The zero-order valence-electron chi connectivity index (χ0n) is 36.7. The van der Waals surface area contributed by atoms with Gasteiger partial charge in [0, 0.05) is 22.4 Å². The molecule has 0 saturated heterocycles. The van der Waals surface area contributed by atoms with E-state index in [9.17, 15) is 0 Å². The minimum Gasteiger partial charge on any atom is -0.310 e. The Hall–Kier alpha value is -7.00. The molecular formula is C61H51NSi. The second-order valence-corrected chi connectivity index (χ2v) is 22.7. The van der Waals surface area contributed by atoms with Crippen molar-refractivity contribution in [2.24, 2.45) is 0 Å². The van der Waals surface area contributed by atoms with Gasteiger partial charge in [-0.3, -0.25) is 0 Å². The van der Waals surface area contributed by atoms with Crippen LogP contribution in [0.2, 0.25) is 0 Å². The predicted octanol–water partition coefficient (Wildman–Crippen LogP) is 13.5. The number of rotatable bonds is 7. The molecule has 63 heavy (non-hydrogen) atoms. The third-order valence-electron chi connectivity index (χ3n) is 13.9. The molecule has 0 fully saturated rings. The molecule has 0 bridgehead atoms. The largest absolute Gasteiger partial charge is 0.310 e. The average Bonchev–Trinajstić information content (AvgIpc) is 3.75. The van der Waals surface area contributed by atoms with Gasteiger partial charge in [-0.15, -0.1) is 0 Å². The van der Waals surface area contributed by atoms with Gasteiger partial charge in [0.1, 0.15) is 0 Å². The molecule has 0 unspecified atom stereocenters. The Labute approximate surface area is 374 Å². The summed E-state index contributed by atoms with van der Waals surface area (Å²) < 4.78 is 0. The third-order valence-corrected chi connectivity index (χ3v) is 18.7. The maximum atomic E-state index is 2.59. The number of hydrogen-bond acceptors (Lipinski definition) is 1. The third kappa shape index (κ3) is 6.19. The lowest BCUT2D eigenvalue weighted by Gasteiger charge is -2.36. The summed E-state index contributed by atoms with van der Waals surface area (Å²) in [5.41, 5.74) is 17.3. The summed E-state index contributed by atoms with van der Waals surface area (Å²) in [5.74, 6) is 0. The van der Waals surface area contributed by atoms with E-state index >= 15 is 0 Å². The molecule has 0 atom stereocenters. The minimum atomic E-state index is -2.87. The van der Waals surface area contributed by atoms with Crippen molar-refractivity contribution in [3.8, 4) is 44.5 Å². The molecule has 0 spiro atoms. The predicted molar refractivity (Wildman–Crippen MR) is 271 cm³/mol. The van der Waals surface area contributed by atoms with Gasteiger partial charge in [0.2, 0.25) is 0 Å². The summed E-state index contributed by atoms with van der Waals surface area (Å²) in [4.78, 5) is 2.59. The Balaban J connectivity index is 1.26. The zero-order valence-corrected chi connectivity index (χ0v) is 37.7. The van der Waals surface area contributed by atoms with Crippen LogP contribution in [-0.2, 0) is 10.8 Å². The van der Waals surface area contributed by atoms with Crippen molar-refractivity contribution in [2.75, 3.05) is 4.90 Å². The molecule has 9 aromatic carbocycles. The summed E-state index contributed by atoms with van der Waals surface area (Å²) in [6.07, 6.45) is 0. The zero-order chi connectivity index (χ0) is 42.9. The molecule has 2 heteroatoms. The average molecular weight is 826 g/mol. The molecule has 1 nitrogen and oxygen atoms in total. The lowest BCUT2D eigenvalue weighted by atomic mass is 9.82. The highest BCUT2D eigenvalue weighted by atomic mass is 28.3. The van der Waals surface area contributed by atoms with Crippen molar-refractivity contribution in [3.63, 3.8) is 0 Å². The van der Waals surface area contributed by atoms with Crippen molar-refractivity contribution < 1.29 is 0 Å². The fraction of sp³-hybridized carbons (Fsp3) is 0.115. The lowest BCUT2D eigenvalue weighted by Crippen LogP contribution is -2.73. The van der Waals surface area contributed by atoms with Crippen LogP contribution in [0.3, 0.4) is 0 Å². The van der Waals surface area contributed by atoms with Crippen LogP contribution in [0.25, 0.3) is 44.5 Å². The molecule has 1 heterocycles. The van der Waals surface area contributed by atoms with Gasteiger partial charge < -0.3 is 4.90 Å². The van der Waals surface area contributed by atoms with Gasteiger partial charge in [-0.05, 0) is 112 Å². The van der Waals surface area contributed by atoms with E-state index in [0.29, 0.717) is 0 Å². The van der Waals surface area contributed by atoms with Crippen LogP contribution in [-0.4, -0.2) is 8.07 Å². The Kier molecular flexibility index (Phi) is 9.15. The molecule has 0 N–H and O–H groups in total. The molecule has 1 aliphatic heterocycles. The van der Waals surface area contributed by atoms with Gasteiger partial charge in [0.15, 0.2) is 8.07 Å². The Morgan fingerprint density at radius 3 is 1.57 bits per heavy atom. The smallest absolute Gasteiger partial charge is 0.180 e. The molecule has 1 aliphatic carbocycles. The van der Waals surface area contributed by atoms with E-state index < -0.39 is 8.07 Å². The number of nitrogens with zero attached hydrogens (tertiary/aromatic N) is 1. The molecule has 0 amide bonds. The highest BCUT2D eigenvalue weighted by Gasteiger charge is 2.49. The van der Waals surface area contributed by atoms with Gasteiger partial charge >= 0.3 is 0 Å². The molecule has 304 valence electrons. The van der Waals surface area contributed by atoms with E-state index in [-0.39, 0.29) is 10.8 Å². The first-order valence-corrected chi connectivity index (χ1v) is 24.3. The van der Waals surface area contributed by atoms with Gasteiger partial charge in [-0.1, -0.05) is 223 Å². The van der Waals surface area contributed by atoms with Gasteiger partial charge in [-0.25, -0.2) is 0 Å². The quantitative estimate of drug-likeness (QED) is 0.145. The lowest BCUT2D eigenvalue weighted by molar-refractivity contribution is 0.591. The van der Waals surface area contributed by atoms with E-state index in [1.807, 2.05) is 0 Å². The Bertz CT molecular complexity index is 3130. The van der Waals surface area contributed by atoms with Crippen molar-refractivity contribution in [3.05, 3.63) is 235 Å². The van der Waals surface area contributed by atoms with Gasteiger partial charge in [-0.2, -0.15) is 0 Å². The highest BCUT2D eigenvalue weighted by molar-refractivity contribution is 7.22. The maximum Gasteiger partial charge on any atom is 0.180 e. The molecular weight excluding hydrogens is 775 g/mol. The number of hydrogen-bond donors (Lipinski definition) is 0. The SMILES string of the molecule is CC(C)(C)c1cc(N(c2ccc3c(c2)C(C)(C)c2ccccc2-3)c2cc(-c3ccccc3)ccc2-c2ccccc2)cc([Si]2(c3ccccc3)c3ccccc3-c3ccccc32)c1. The van der Waals surface area contributed by atoms with E-state index in [0.717, 1.165) is 17.1 Å². The van der Waals surface area contributed by atoms with Crippen molar-refractivity contribution in [1.29, 1.82) is 0 Å². The van der Waals surface area contributed by atoms with Crippen LogP contribution >= 0.6 is 0 Å². The first-order valence-electron chi connectivity index (χ1n) is 22.3. The molecule has 0 radical (unpaired) electrons. The molecule has 0 aromatic heterocycles. The van der Waals surface area contributed by atoms with Gasteiger partial charge in [0.25, 0.3) is 0 Å². The number of fused-ring (bicyclic) bond motifs is 6. The van der Waals surface area contributed by atoms with E-state index in [1.165, 1.54) is 81.9 Å². The highest BCUT2D eigenvalue weighted by Crippen LogP contribution is 2.52. The normalized spacial score (nSPS) is 14.0. The summed E-state index contributed by atoms with van der Waals surface area (Å²) in [5, 5.41) is 5.70. The van der Waals surface area contributed by atoms with Crippen LogP contribution in [0.5, 0.6) is 0 Å². The first-order chi connectivity index (χ1) is 30.6. The van der Waals surface area contributed by atoms with Crippen LogP contribution in [0.4, 0.5) is 17.1 Å². The number of benzene rings is 9. The fourth-order valence-corrected chi connectivity index (χ4v) is 16.0. The fourth-order valence-electron chi connectivity index (χ4n) is 10.7. The van der Waals surface area contributed by atoms with Crippen molar-refractivity contribution in [1.82, 2.24) is 0 Å². The van der Waals surface area contributed by atoms with E-state index in [2.05, 4.69) is 258 Å². The monoisotopic (exact) mass is 825 g/mol. The number of anilines is 3. The second kappa shape index (κ2) is 14.8. The minimum absolute atomic E-state index is 0.143. The molecule has 2 aliphatic rings. The van der Waals surface area contributed by atoms with Crippen LogP contribution < -0.4 is 25.6 Å². The second-order valence-electron chi connectivity index (χ2n) is 18.9. The van der Waals surface area contributed by atoms with Crippen LogP contribution in [0.15, 0.2) is 218 Å². The topological polar surface area (TPSA) is 3.24 Å². The molecule has 0 saturated carbocycles. The van der Waals surface area contributed by atoms with Crippen molar-refractivity contribution in [2.45, 2.75) is 45.4 Å². The van der Waals surface area contributed by atoms with Gasteiger partial charge in [0.05, 0.1) is 5.69 Å². The van der Waals surface area contributed by atoms with E-state index in [1.54, 1.807) is 0 Å². The Morgan fingerprint density at radius 2 is 0.921 bits per heavy atom. The summed E-state index contributed by atoms with van der Waals surface area (Å²) in [7, 11) is -2.87. The van der Waals surface area contributed by atoms with Crippen molar-refractivity contribution >= 4 is 45.9 Å². The molecule has 9 aromatic rings. The maximum absolute atomic E-state index is 2.87. The standard InChI is InChI=1S/C61H51NSi/c1-60(2,3)45-38-47(40-49(39-45)63(48-25-13-8-14-26-48)58-31-19-16-28-53(58)54-29-17-20-32-59(54)63)62(46-34-36-52-51-27-15-18-30-55(51)61(4,5)56(52)41-46)57-37-44(42-21-9-6-10-22-42)33-35-50(57)43-23-11-7-12-24-43/h6-41H,1-5H3. The van der Waals surface area contributed by atoms with Crippen LogP contribution in [0.1, 0.15) is 51.3 Å². The Morgan fingerprint density at radius 1 is 0.381 bits per heavy atom.